The van der Waals surface area contributed by atoms with Gasteiger partial charge >= 0.3 is 6.18 Å². The number of benzene rings is 1. The van der Waals surface area contributed by atoms with E-state index >= 15 is 0 Å². The maximum atomic E-state index is 13.7. The van der Waals surface area contributed by atoms with Crippen LogP contribution in [-0.4, -0.2) is 29.9 Å². The number of rotatable bonds is 4. The van der Waals surface area contributed by atoms with Gasteiger partial charge in [0.1, 0.15) is 11.4 Å². The molecule has 5 aromatic rings. The van der Waals surface area contributed by atoms with Crippen molar-refractivity contribution in [3.8, 4) is 17.1 Å². The van der Waals surface area contributed by atoms with E-state index in [1.807, 2.05) is 0 Å². The van der Waals surface area contributed by atoms with Crippen LogP contribution in [-0.2, 0) is 13.2 Å². The summed E-state index contributed by atoms with van der Waals surface area (Å²) in [6, 6.07) is 13.7. The first-order valence-corrected chi connectivity index (χ1v) is 10.3. The second kappa shape index (κ2) is 8.01. The number of hydrogen-bond donors (Lipinski definition) is 1. The topological polar surface area (TPSA) is 99.4 Å². The highest BCUT2D eigenvalue weighted by Crippen LogP contribution is 2.32. The van der Waals surface area contributed by atoms with Crippen molar-refractivity contribution in [1.82, 2.24) is 24.0 Å². The van der Waals surface area contributed by atoms with Crippen LogP contribution in [0.15, 0.2) is 70.1 Å². The monoisotopic (exact) mass is 482 g/mol. The Kier molecular flexibility index (Phi) is 5.08. The summed E-state index contributed by atoms with van der Waals surface area (Å²) in [6.45, 7) is 1.64. The Balaban J connectivity index is 1.56. The average Bonchev–Trinajstić information content (AvgIpc) is 3.55. The number of nitrogens with zero attached hydrogens (tertiary/aromatic N) is 5. The average molecular weight is 482 g/mol. The number of furan rings is 1. The van der Waals surface area contributed by atoms with Gasteiger partial charge in [0.05, 0.1) is 17.6 Å². The van der Waals surface area contributed by atoms with E-state index in [0.29, 0.717) is 15.9 Å². The lowest BCUT2D eigenvalue weighted by Crippen LogP contribution is -2.23. The molecule has 1 amide bonds. The minimum absolute atomic E-state index is 0.0151. The number of anilines is 1. The molecule has 0 aliphatic rings. The molecule has 178 valence electrons. The minimum Gasteiger partial charge on any atom is -0.463 e. The first-order valence-electron chi connectivity index (χ1n) is 10.3. The summed E-state index contributed by atoms with van der Waals surface area (Å²) in [5.41, 5.74) is -1.22. The fourth-order valence-electron chi connectivity index (χ4n) is 3.73. The molecule has 0 saturated heterocycles. The van der Waals surface area contributed by atoms with Crippen LogP contribution in [0.3, 0.4) is 0 Å². The second-order valence-corrected chi connectivity index (χ2v) is 7.69. The third kappa shape index (κ3) is 3.78. The molecule has 0 unspecified atom stereocenters. The molecular weight excluding hydrogens is 465 g/mol. The van der Waals surface area contributed by atoms with Gasteiger partial charge in [-0.25, -0.2) is 14.2 Å². The van der Waals surface area contributed by atoms with Gasteiger partial charge in [-0.1, -0.05) is 18.2 Å². The van der Waals surface area contributed by atoms with Crippen molar-refractivity contribution in [2.45, 2.75) is 13.1 Å². The largest absolute Gasteiger partial charge is 0.463 e. The quantitative estimate of drug-likeness (QED) is 0.417. The summed E-state index contributed by atoms with van der Waals surface area (Å²) >= 11 is 0. The Morgan fingerprint density at radius 1 is 1.09 bits per heavy atom. The Morgan fingerprint density at radius 2 is 1.83 bits per heavy atom. The van der Waals surface area contributed by atoms with Crippen LogP contribution in [0, 0.1) is 6.92 Å². The zero-order valence-electron chi connectivity index (χ0n) is 18.4. The van der Waals surface area contributed by atoms with E-state index < -0.39 is 23.3 Å². The van der Waals surface area contributed by atoms with Crippen LogP contribution in [0.25, 0.3) is 22.8 Å². The van der Waals surface area contributed by atoms with Crippen molar-refractivity contribution in [3.05, 3.63) is 88.3 Å². The molecule has 0 atom stereocenters. The molecule has 0 aliphatic carbocycles. The fourth-order valence-corrected chi connectivity index (χ4v) is 3.73. The predicted molar refractivity (Wildman–Crippen MR) is 119 cm³/mol. The van der Waals surface area contributed by atoms with E-state index in [2.05, 4.69) is 15.4 Å². The highest BCUT2D eigenvalue weighted by molar-refractivity contribution is 6.03. The number of alkyl halides is 3. The van der Waals surface area contributed by atoms with E-state index in [1.165, 1.54) is 23.1 Å². The summed E-state index contributed by atoms with van der Waals surface area (Å²) < 4.78 is 49.9. The van der Waals surface area contributed by atoms with Crippen LogP contribution >= 0.6 is 0 Å². The lowest BCUT2D eigenvalue weighted by atomic mass is 10.2. The number of fused-ring (bicyclic) bond motifs is 1. The first kappa shape index (κ1) is 22.2. The molecule has 0 aliphatic heterocycles. The van der Waals surface area contributed by atoms with E-state index in [9.17, 15) is 22.8 Å². The summed E-state index contributed by atoms with van der Waals surface area (Å²) in [5, 5.41) is 6.31. The summed E-state index contributed by atoms with van der Waals surface area (Å²) in [6.07, 6.45) is -3.46. The number of amides is 1. The normalized spacial score (nSPS) is 11.8. The van der Waals surface area contributed by atoms with E-state index in [-0.39, 0.29) is 28.5 Å². The SMILES string of the molecule is Cc1c(NC(=O)c2cc3nc(-c4ccco4)cc(C(F)(F)F)n3n2)c(=O)n(-c2ccccc2)n1C. The highest BCUT2D eigenvalue weighted by Gasteiger charge is 2.36. The number of nitrogens with one attached hydrogen (secondary N) is 1. The first-order chi connectivity index (χ1) is 16.6. The Morgan fingerprint density at radius 3 is 2.49 bits per heavy atom. The van der Waals surface area contributed by atoms with Crippen molar-refractivity contribution >= 4 is 17.2 Å². The number of carbonyl (C=O) groups excluding carboxylic acids is 1. The van der Waals surface area contributed by atoms with E-state index in [4.69, 9.17) is 4.42 Å². The molecule has 1 aromatic carbocycles. The number of carbonyl (C=O) groups is 1. The van der Waals surface area contributed by atoms with Gasteiger partial charge in [0.25, 0.3) is 11.5 Å². The predicted octanol–water partition coefficient (Wildman–Crippen LogP) is 4.06. The van der Waals surface area contributed by atoms with Crippen LogP contribution in [0.4, 0.5) is 18.9 Å². The van der Waals surface area contributed by atoms with E-state index in [1.54, 1.807) is 49.0 Å². The molecule has 0 saturated carbocycles. The van der Waals surface area contributed by atoms with Gasteiger partial charge in [0.15, 0.2) is 22.8 Å². The number of hydrogen-bond acceptors (Lipinski definition) is 5. The molecule has 12 heteroatoms. The van der Waals surface area contributed by atoms with Crippen molar-refractivity contribution in [1.29, 1.82) is 0 Å². The van der Waals surface area contributed by atoms with Crippen LogP contribution in [0.5, 0.6) is 0 Å². The van der Waals surface area contributed by atoms with Crippen molar-refractivity contribution in [2.24, 2.45) is 7.05 Å². The summed E-state index contributed by atoms with van der Waals surface area (Å²) in [7, 11) is 1.65. The van der Waals surface area contributed by atoms with Crippen molar-refractivity contribution in [3.63, 3.8) is 0 Å². The molecule has 0 spiro atoms. The molecule has 4 heterocycles. The third-order valence-electron chi connectivity index (χ3n) is 5.52. The summed E-state index contributed by atoms with van der Waals surface area (Å²) in [4.78, 5) is 30.1. The maximum absolute atomic E-state index is 13.7. The van der Waals surface area contributed by atoms with Gasteiger partial charge < -0.3 is 9.73 Å². The Bertz CT molecular complexity index is 1610. The molecule has 5 rings (SSSR count). The van der Waals surface area contributed by atoms with Crippen molar-refractivity contribution in [2.75, 3.05) is 5.32 Å². The van der Waals surface area contributed by atoms with Gasteiger partial charge in [0, 0.05) is 13.1 Å². The zero-order valence-corrected chi connectivity index (χ0v) is 18.4. The van der Waals surface area contributed by atoms with E-state index in [0.717, 1.165) is 12.1 Å². The second-order valence-electron chi connectivity index (χ2n) is 7.69. The maximum Gasteiger partial charge on any atom is 0.433 e. The van der Waals surface area contributed by atoms with Gasteiger partial charge in [0.2, 0.25) is 0 Å². The summed E-state index contributed by atoms with van der Waals surface area (Å²) in [5.74, 6) is -0.722. The number of halogens is 3. The minimum atomic E-state index is -4.78. The van der Waals surface area contributed by atoms with Gasteiger partial charge in [-0.05, 0) is 37.3 Å². The zero-order chi connectivity index (χ0) is 24.9. The molecular formula is C23H17F3N6O3. The Hall–Kier alpha value is -4.61. The van der Waals surface area contributed by atoms with Crippen molar-refractivity contribution < 1.29 is 22.4 Å². The standard InChI is InChI=1S/C23H17F3N6O3/c1-13-20(22(34)32(30(13)2)14-7-4-3-5-8-14)28-21(33)16-12-19-27-15(17-9-6-10-35-17)11-18(23(24,25)26)31(19)29-16/h3-12H,1-2H3,(H,28,33). The lowest BCUT2D eigenvalue weighted by molar-refractivity contribution is -0.142. The van der Waals surface area contributed by atoms with Crippen LogP contribution < -0.4 is 10.9 Å². The smallest absolute Gasteiger partial charge is 0.433 e. The lowest BCUT2D eigenvalue weighted by Gasteiger charge is -2.09. The third-order valence-corrected chi connectivity index (χ3v) is 5.52. The van der Waals surface area contributed by atoms with Gasteiger partial charge in [-0.2, -0.15) is 18.3 Å². The molecule has 35 heavy (non-hydrogen) atoms. The number of aromatic nitrogens is 5. The van der Waals surface area contributed by atoms with Crippen LogP contribution in [0.1, 0.15) is 21.9 Å². The molecule has 4 aromatic heterocycles. The highest BCUT2D eigenvalue weighted by atomic mass is 19.4. The van der Waals surface area contributed by atoms with Crippen LogP contribution in [0.2, 0.25) is 0 Å². The molecule has 9 nitrogen and oxygen atoms in total. The molecule has 1 N–H and O–H groups in total. The molecule has 0 bridgehead atoms. The molecule has 0 fully saturated rings. The van der Waals surface area contributed by atoms with Gasteiger partial charge in [-0.15, -0.1) is 0 Å². The molecule has 0 radical (unpaired) electrons. The number of para-hydroxylation sites is 1. The fraction of sp³-hybridized carbons (Fsp3) is 0.130. The Labute approximate surface area is 195 Å². The van der Waals surface area contributed by atoms with Gasteiger partial charge in [-0.3, -0.25) is 14.3 Å².